The molecule has 3 nitrogen and oxygen atoms in total. The lowest BCUT2D eigenvalue weighted by molar-refractivity contribution is 0.106. The van der Waals surface area contributed by atoms with Crippen molar-refractivity contribution in [2.45, 2.75) is 6.92 Å². The molecule has 0 fully saturated rings. The lowest BCUT2D eigenvalue weighted by Crippen LogP contribution is -2.03. The van der Waals surface area contributed by atoms with Gasteiger partial charge in [0.2, 0.25) is 5.78 Å². The molecular weight excluding hydrogens is 166 g/mol. The zero-order valence-corrected chi connectivity index (χ0v) is 7.41. The average Bonchev–Trinajstić information content (AvgIpc) is 2.18. The number of ketones is 1. The smallest absolute Gasteiger partial charge is 0.206 e. The Balaban J connectivity index is 3.03. The molecule has 1 aromatic carbocycles. The first-order chi connectivity index (χ1) is 6.29. The zero-order valence-electron chi connectivity index (χ0n) is 7.41. The van der Waals surface area contributed by atoms with Crippen LogP contribution in [-0.4, -0.2) is 18.6 Å². The van der Waals surface area contributed by atoms with Crippen molar-refractivity contribution < 1.29 is 9.53 Å². The number of para-hydroxylation sites is 1. The van der Waals surface area contributed by atoms with Crippen molar-refractivity contribution in [3.8, 4) is 5.75 Å². The average molecular weight is 177 g/mol. The Morgan fingerprint density at radius 2 is 2.23 bits per heavy atom. The van der Waals surface area contributed by atoms with Crippen LogP contribution in [0.15, 0.2) is 24.3 Å². The highest BCUT2D eigenvalue weighted by Crippen LogP contribution is 2.17. The molecule has 0 heterocycles. The first kappa shape index (κ1) is 9.45. The van der Waals surface area contributed by atoms with Crippen LogP contribution in [0.5, 0.6) is 5.75 Å². The molecule has 0 aliphatic rings. The number of nitrogens with one attached hydrogen (secondary N) is 1. The lowest BCUT2D eigenvalue weighted by Gasteiger charge is -2.06. The number of rotatable bonds is 4. The van der Waals surface area contributed by atoms with Crippen LogP contribution >= 0.6 is 0 Å². The molecule has 1 N–H and O–H groups in total. The summed E-state index contributed by atoms with van der Waals surface area (Å²) in [6.45, 7) is 2.37. The first-order valence-electron chi connectivity index (χ1n) is 4.06. The Morgan fingerprint density at radius 1 is 1.54 bits per heavy atom. The summed E-state index contributed by atoms with van der Waals surface area (Å²) in [4.78, 5) is 11.2. The molecule has 13 heavy (non-hydrogen) atoms. The minimum atomic E-state index is -0.330. The van der Waals surface area contributed by atoms with Gasteiger partial charge in [-0.05, 0) is 19.1 Å². The van der Waals surface area contributed by atoms with Gasteiger partial charge < -0.3 is 10.1 Å². The van der Waals surface area contributed by atoms with Crippen molar-refractivity contribution in [1.29, 1.82) is 5.41 Å². The Kier molecular flexibility index (Phi) is 3.20. The van der Waals surface area contributed by atoms with Crippen LogP contribution in [0.2, 0.25) is 0 Å². The highest BCUT2D eigenvalue weighted by molar-refractivity contribution is 6.35. The third kappa shape index (κ3) is 2.15. The van der Waals surface area contributed by atoms with E-state index in [1.807, 2.05) is 6.92 Å². The SMILES string of the molecule is CCOc1ccccc1C(=O)C=N. The summed E-state index contributed by atoms with van der Waals surface area (Å²) in [6, 6.07) is 6.92. The molecule has 3 heteroatoms. The molecule has 0 unspecified atom stereocenters. The van der Waals surface area contributed by atoms with Crippen LogP contribution in [0.1, 0.15) is 17.3 Å². The minimum Gasteiger partial charge on any atom is -0.493 e. The third-order valence-electron chi connectivity index (χ3n) is 1.58. The Morgan fingerprint density at radius 3 is 2.85 bits per heavy atom. The van der Waals surface area contributed by atoms with Gasteiger partial charge in [0.05, 0.1) is 18.4 Å². The normalized spacial score (nSPS) is 9.31. The Labute approximate surface area is 76.9 Å². The van der Waals surface area contributed by atoms with Crippen LogP contribution in [-0.2, 0) is 0 Å². The number of benzene rings is 1. The highest BCUT2D eigenvalue weighted by atomic mass is 16.5. The summed E-state index contributed by atoms with van der Waals surface area (Å²) in [5, 5.41) is 6.84. The maximum absolute atomic E-state index is 11.2. The standard InChI is InChI=1S/C10H11NO2/c1-2-13-10-6-4-3-5-8(10)9(12)7-11/h3-7,11H,2H2,1H3. The maximum atomic E-state index is 11.2. The summed E-state index contributed by atoms with van der Waals surface area (Å²) in [6.07, 6.45) is 0.790. The molecule has 0 aromatic heterocycles. The Hall–Kier alpha value is -1.64. The fourth-order valence-corrected chi connectivity index (χ4v) is 1.03. The van der Waals surface area contributed by atoms with Crippen molar-refractivity contribution in [1.82, 2.24) is 0 Å². The number of hydrogen-bond donors (Lipinski definition) is 1. The maximum Gasteiger partial charge on any atom is 0.206 e. The van der Waals surface area contributed by atoms with E-state index in [1.54, 1.807) is 24.3 Å². The van der Waals surface area contributed by atoms with Crippen molar-refractivity contribution in [2.24, 2.45) is 0 Å². The summed E-state index contributed by atoms with van der Waals surface area (Å²) >= 11 is 0. The fourth-order valence-electron chi connectivity index (χ4n) is 1.03. The minimum absolute atomic E-state index is 0.330. The zero-order chi connectivity index (χ0) is 9.68. The molecule has 0 amide bonds. The van der Waals surface area contributed by atoms with Crippen LogP contribution in [0.25, 0.3) is 0 Å². The van der Waals surface area contributed by atoms with Crippen molar-refractivity contribution >= 4 is 12.0 Å². The van der Waals surface area contributed by atoms with Gasteiger partial charge in [0.1, 0.15) is 5.75 Å². The first-order valence-corrected chi connectivity index (χ1v) is 4.06. The van der Waals surface area contributed by atoms with Gasteiger partial charge >= 0.3 is 0 Å². The van der Waals surface area contributed by atoms with Gasteiger partial charge in [0.25, 0.3) is 0 Å². The second kappa shape index (κ2) is 4.40. The van der Waals surface area contributed by atoms with E-state index >= 15 is 0 Å². The summed E-state index contributed by atoms with van der Waals surface area (Å²) in [5.41, 5.74) is 0.444. The number of Topliss-reactive ketones (excluding diaryl/α,β-unsaturated/α-hetero) is 1. The summed E-state index contributed by atoms with van der Waals surface area (Å²) in [7, 11) is 0. The molecule has 0 saturated carbocycles. The molecule has 0 aliphatic heterocycles. The quantitative estimate of drug-likeness (QED) is 0.564. The van der Waals surface area contributed by atoms with Gasteiger partial charge in [-0.25, -0.2) is 0 Å². The highest BCUT2D eigenvalue weighted by Gasteiger charge is 2.08. The van der Waals surface area contributed by atoms with Gasteiger partial charge in [0.15, 0.2) is 0 Å². The predicted molar refractivity (Wildman–Crippen MR) is 50.7 cm³/mol. The van der Waals surface area contributed by atoms with Gasteiger partial charge in [-0.2, -0.15) is 0 Å². The summed E-state index contributed by atoms with van der Waals surface area (Å²) in [5.74, 6) is 0.211. The second-order valence-electron chi connectivity index (χ2n) is 2.44. The van der Waals surface area contributed by atoms with E-state index < -0.39 is 0 Å². The van der Waals surface area contributed by atoms with Crippen molar-refractivity contribution in [3.63, 3.8) is 0 Å². The molecule has 0 radical (unpaired) electrons. The van der Waals surface area contributed by atoms with Crippen LogP contribution < -0.4 is 4.74 Å². The van der Waals surface area contributed by atoms with E-state index in [9.17, 15) is 4.79 Å². The number of carbonyl (C=O) groups excluding carboxylic acids is 1. The van der Waals surface area contributed by atoms with Crippen LogP contribution in [0.3, 0.4) is 0 Å². The molecule has 0 saturated heterocycles. The van der Waals surface area contributed by atoms with Crippen LogP contribution in [0.4, 0.5) is 0 Å². The van der Waals surface area contributed by atoms with E-state index in [4.69, 9.17) is 10.1 Å². The van der Waals surface area contributed by atoms with E-state index in [0.29, 0.717) is 17.9 Å². The molecule has 1 aromatic rings. The second-order valence-corrected chi connectivity index (χ2v) is 2.44. The monoisotopic (exact) mass is 177 g/mol. The predicted octanol–water partition coefficient (Wildman–Crippen LogP) is 1.92. The molecule has 1 rings (SSSR count). The van der Waals surface area contributed by atoms with Crippen LogP contribution in [0, 0.1) is 5.41 Å². The Bertz CT molecular complexity index is 320. The fraction of sp³-hybridized carbons (Fsp3) is 0.200. The number of hydrogen-bond acceptors (Lipinski definition) is 3. The van der Waals surface area contributed by atoms with E-state index in [2.05, 4.69) is 0 Å². The van der Waals surface area contributed by atoms with Gasteiger partial charge in [-0.1, -0.05) is 12.1 Å². The molecule has 0 spiro atoms. The molecular formula is C10H11NO2. The van der Waals surface area contributed by atoms with E-state index in [0.717, 1.165) is 6.21 Å². The van der Waals surface area contributed by atoms with Gasteiger partial charge in [-0.3, -0.25) is 4.79 Å². The van der Waals surface area contributed by atoms with E-state index in [-0.39, 0.29) is 5.78 Å². The molecule has 0 bridgehead atoms. The van der Waals surface area contributed by atoms with Gasteiger partial charge in [0, 0.05) is 0 Å². The topological polar surface area (TPSA) is 50.2 Å². The summed E-state index contributed by atoms with van der Waals surface area (Å²) < 4.78 is 5.24. The van der Waals surface area contributed by atoms with E-state index in [1.165, 1.54) is 0 Å². The van der Waals surface area contributed by atoms with Crippen molar-refractivity contribution in [2.75, 3.05) is 6.61 Å². The molecule has 68 valence electrons. The van der Waals surface area contributed by atoms with Crippen molar-refractivity contribution in [3.05, 3.63) is 29.8 Å². The molecule has 0 aliphatic carbocycles. The largest absolute Gasteiger partial charge is 0.493 e. The number of carbonyl (C=O) groups is 1. The third-order valence-corrected chi connectivity index (χ3v) is 1.58. The number of ether oxygens (including phenoxy) is 1. The molecule has 0 atom stereocenters. The van der Waals surface area contributed by atoms with Gasteiger partial charge in [-0.15, -0.1) is 0 Å². The lowest BCUT2D eigenvalue weighted by atomic mass is 10.1.